The second-order valence-corrected chi connectivity index (χ2v) is 10.6. The summed E-state index contributed by atoms with van der Waals surface area (Å²) in [5, 5.41) is 5.42. The summed E-state index contributed by atoms with van der Waals surface area (Å²) in [6.07, 6.45) is 3.06. The van der Waals surface area contributed by atoms with Gasteiger partial charge in [-0.05, 0) is 37.0 Å². The van der Waals surface area contributed by atoms with E-state index >= 15 is 0 Å². The minimum absolute atomic E-state index is 0.273. The van der Waals surface area contributed by atoms with Crippen LogP contribution in [0.1, 0.15) is 18.5 Å². The lowest BCUT2D eigenvalue weighted by Crippen LogP contribution is -2.41. The number of H-pyrrole nitrogens is 1. The van der Waals surface area contributed by atoms with Crippen molar-refractivity contribution in [2.24, 2.45) is 5.92 Å². The highest BCUT2D eigenvalue weighted by Gasteiger charge is 2.21. The maximum absolute atomic E-state index is 11.6. The lowest BCUT2D eigenvalue weighted by molar-refractivity contribution is 0.0699. The van der Waals surface area contributed by atoms with Crippen molar-refractivity contribution >= 4 is 38.0 Å². The van der Waals surface area contributed by atoms with Crippen LogP contribution in [0.2, 0.25) is 5.02 Å². The van der Waals surface area contributed by atoms with E-state index in [1.54, 1.807) is 0 Å². The Bertz CT molecular complexity index is 908. The van der Waals surface area contributed by atoms with Crippen LogP contribution in [-0.4, -0.2) is 69.2 Å². The Morgan fingerprint density at radius 3 is 2.68 bits per heavy atom. The van der Waals surface area contributed by atoms with Crippen molar-refractivity contribution in [3.63, 3.8) is 0 Å². The molecule has 2 aromatic rings. The molecule has 0 amide bonds. The lowest BCUT2D eigenvalue weighted by atomic mass is 10.0. The van der Waals surface area contributed by atoms with E-state index in [0.29, 0.717) is 19.0 Å². The summed E-state index contributed by atoms with van der Waals surface area (Å²) in [6.45, 7) is 4.75. The molecule has 8 heteroatoms. The highest BCUT2D eigenvalue weighted by molar-refractivity contribution is 7.91. The largest absolute Gasteiger partial charge is 0.383 e. The molecule has 3 heterocycles. The molecule has 0 unspecified atom stereocenters. The van der Waals surface area contributed by atoms with Gasteiger partial charge in [0.05, 0.1) is 22.7 Å². The second kappa shape index (κ2) is 8.61. The van der Waals surface area contributed by atoms with Gasteiger partial charge >= 0.3 is 0 Å². The molecular formula is C20H28ClN3O3S. The molecule has 0 saturated carbocycles. The maximum atomic E-state index is 11.6. The molecule has 0 bridgehead atoms. The number of rotatable bonds is 6. The minimum Gasteiger partial charge on any atom is -0.383 e. The molecule has 154 valence electrons. The molecule has 2 N–H and O–H groups in total. The number of ether oxygens (including phenoxy) is 1. The smallest absolute Gasteiger partial charge is 0.152 e. The molecule has 0 aliphatic carbocycles. The van der Waals surface area contributed by atoms with Gasteiger partial charge in [-0.2, -0.15) is 0 Å². The first kappa shape index (κ1) is 20.0. The van der Waals surface area contributed by atoms with Crippen LogP contribution in [0.5, 0.6) is 0 Å². The number of nitrogens with zero attached hydrogens (tertiary/aromatic N) is 1. The molecule has 2 aliphatic rings. The summed E-state index contributed by atoms with van der Waals surface area (Å²) in [4.78, 5) is 5.77. The van der Waals surface area contributed by atoms with Gasteiger partial charge in [-0.1, -0.05) is 11.6 Å². The SMILES string of the molecule is O=S1(=O)CCN(CCc2cc3cc(Cl)cc(NCC4CCOCC4)c3[nH]2)CC1. The molecule has 4 rings (SSSR count). The quantitative estimate of drug-likeness (QED) is 0.744. The molecule has 1 aromatic carbocycles. The topological polar surface area (TPSA) is 74.4 Å². The fraction of sp³-hybridized carbons (Fsp3) is 0.600. The minimum atomic E-state index is -2.83. The van der Waals surface area contributed by atoms with Gasteiger partial charge in [0.1, 0.15) is 0 Å². The summed E-state index contributed by atoms with van der Waals surface area (Å²) >= 11 is 6.34. The second-order valence-electron chi connectivity index (χ2n) is 7.89. The van der Waals surface area contributed by atoms with Crippen LogP contribution in [0, 0.1) is 5.92 Å². The molecule has 6 nitrogen and oxygen atoms in total. The van der Waals surface area contributed by atoms with Gasteiger partial charge in [0.25, 0.3) is 0 Å². The number of anilines is 1. The molecule has 0 atom stereocenters. The zero-order chi connectivity index (χ0) is 19.6. The molecule has 0 radical (unpaired) electrons. The van der Waals surface area contributed by atoms with E-state index < -0.39 is 9.84 Å². The Kier molecular flexibility index (Phi) is 6.16. The van der Waals surface area contributed by atoms with Crippen molar-refractivity contribution < 1.29 is 13.2 Å². The molecule has 28 heavy (non-hydrogen) atoms. The fourth-order valence-corrected chi connectivity index (χ4v) is 5.50. The third kappa shape index (κ3) is 5.00. The number of sulfone groups is 1. The summed E-state index contributed by atoms with van der Waals surface area (Å²) in [5.41, 5.74) is 3.29. The van der Waals surface area contributed by atoms with Gasteiger partial charge in [-0.25, -0.2) is 8.42 Å². The number of aromatic amines is 1. The fourth-order valence-electron chi connectivity index (χ4n) is 4.00. The van der Waals surface area contributed by atoms with Crippen LogP contribution >= 0.6 is 11.6 Å². The first-order valence-corrected chi connectivity index (χ1v) is 12.2. The number of hydrogen-bond acceptors (Lipinski definition) is 5. The van der Waals surface area contributed by atoms with Crippen molar-refractivity contribution in [2.45, 2.75) is 19.3 Å². The van der Waals surface area contributed by atoms with Gasteiger partial charge in [-0.3, -0.25) is 0 Å². The monoisotopic (exact) mass is 425 g/mol. The third-order valence-corrected chi connectivity index (χ3v) is 7.63. The highest BCUT2D eigenvalue weighted by Crippen LogP contribution is 2.29. The van der Waals surface area contributed by atoms with Gasteiger partial charge in [0.15, 0.2) is 9.84 Å². The van der Waals surface area contributed by atoms with Gasteiger partial charge < -0.3 is 19.9 Å². The van der Waals surface area contributed by atoms with Crippen molar-refractivity contribution in [2.75, 3.05) is 56.2 Å². The highest BCUT2D eigenvalue weighted by atomic mass is 35.5. The predicted molar refractivity (Wildman–Crippen MR) is 114 cm³/mol. The van der Waals surface area contributed by atoms with Crippen molar-refractivity contribution in [1.29, 1.82) is 0 Å². The summed E-state index contributed by atoms with van der Waals surface area (Å²) < 4.78 is 28.6. The number of halogens is 1. The number of benzene rings is 1. The summed E-state index contributed by atoms with van der Waals surface area (Å²) in [7, 11) is -2.83. The van der Waals surface area contributed by atoms with Crippen LogP contribution in [0.15, 0.2) is 18.2 Å². The van der Waals surface area contributed by atoms with Gasteiger partial charge in [0, 0.05) is 61.9 Å². The van der Waals surface area contributed by atoms with E-state index in [-0.39, 0.29) is 11.5 Å². The van der Waals surface area contributed by atoms with Gasteiger partial charge in [-0.15, -0.1) is 0 Å². The zero-order valence-electron chi connectivity index (χ0n) is 16.0. The Labute approximate surface area is 171 Å². The van der Waals surface area contributed by atoms with E-state index in [2.05, 4.69) is 21.3 Å². The van der Waals surface area contributed by atoms with Crippen LogP contribution < -0.4 is 5.32 Å². The first-order valence-electron chi connectivity index (χ1n) is 10.0. The van der Waals surface area contributed by atoms with E-state index in [9.17, 15) is 8.42 Å². The normalized spacial score (nSPS) is 21.2. The Hall–Kier alpha value is -1.28. The van der Waals surface area contributed by atoms with Gasteiger partial charge in [0.2, 0.25) is 0 Å². The molecular weight excluding hydrogens is 398 g/mol. The van der Waals surface area contributed by atoms with E-state index in [0.717, 1.165) is 72.9 Å². The predicted octanol–water partition coefficient (Wildman–Crippen LogP) is 2.93. The molecule has 2 saturated heterocycles. The standard InChI is InChI=1S/C20H28ClN3O3S/c21-17-11-16-12-18(1-4-24-5-9-28(25,26)10-6-24)23-20(16)19(13-17)22-14-15-2-7-27-8-3-15/h11-13,15,22-23H,1-10,14H2. The van der Waals surface area contributed by atoms with Crippen molar-refractivity contribution in [3.8, 4) is 0 Å². The molecule has 2 fully saturated rings. The average molecular weight is 426 g/mol. The van der Waals surface area contributed by atoms with Crippen LogP contribution in [0.25, 0.3) is 10.9 Å². The first-order chi connectivity index (χ1) is 13.5. The lowest BCUT2D eigenvalue weighted by Gasteiger charge is -2.26. The zero-order valence-corrected chi connectivity index (χ0v) is 17.6. The van der Waals surface area contributed by atoms with Crippen LogP contribution in [0.3, 0.4) is 0 Å². The third-order valence-electron chi connectivity index (χ3n) is 5.81. The van der Waals surface area contributed by atoms with Crippen molar-refractivity contribution in [1.82, 2.24) is 9.88 Å². The number of hydrogen-bond donors (Lipinski definition) is 2. The maximum Gasteiger partial charge on any atom is 0.152 e. The number of aromatic nitrogens is 1. The summed E-state index contributed by atoms with van der Waals surface area (Å²) in [6, 6.07) is 6.13. The summed E-state index contributed by atoms with van der Waals surface area (Å²) in [5.74, 6) is 1.18. The molecule has 1 aromatic heterocycles. The van der Waals surface area contributed by atoms with Crippen LogP contribution in [0.4, 0.5) is 5.69 Å². The van der Waals surface area contributed by atoms with Crippen LogP contribution in [-0.2, 0) is 21.0 Å². The van der Waals surface area contributed by atoms with E-state index in [1.807, 2.05) is 12.1 Å². The Morgan fingerprint density at radius 2 is 1.93 bits per heavy atom. The number of fused-ring (bicyclic) bond motifs is 1. The average Bonchev–Trinajstić information content (AvgIpc) is 3.09. The number of nitrogens with one attached hydrogen (secondary N) is 2. The van der Waals surface area contributed by atoms with E-state index in [1.165, 1.54) is 0 Å². The molecule has 0 spiro atoms. The van der Waals surface area contributed by atoms with Crippen molar-refractivity contribution in [3.05, 3.63) is 28.9 Å². The Morgan fingerprint density at radius 1 is 1.18 bits per heavy atom. The Balaban J connectivity index is 1.41. The molecule has 2 aliphatic heterocycles. The van der Waals surface area contributed by atoms with E-state index in [4.69, 9.17) is 16.3 Å².